The first-order valence-corrected chi connectivity index (χ1v) is 7.99. The van der Waals surface area contributed by atoms with Crippen LogP contribution in [0.25, 0.3) is 0 Å². The fraction of sp³-hybridized carbons (Fsp3) is 0.588. The van der Waals surface area contributed by atoms with Crippen molar-refractivity contribution in [1.29, 1.82) is 0 Å². The van der Waals surface area contributed by atoms with Gasteiger partial charge >= 0.3 is 0 Å². The number of ether oxygens (including phenoxy) is 3. The third-order valence-corrected chi connectivity index (χ3v) is 4.90. The van der Waals surface area contributed by atoms with E-state index in [4.69, 9.17) is 14.2 Å². The molecule has 1 atom stereocenters. The molecule has 0 saturated carbocycles. The number of carbonyl (C=O) groups excluding carboxylic acids is 1. The van der Waals surface area contributed by atoms with Crippen molar-refractivity contribution in [1.82, 2.24) is 10.2 Å². The molecule has 23 heavy (non-hydrogen) atoms. The van der Waals surface area contributed by atoms with Gasteiger partial charge in [0, 0.05) is 18.2 Å². The fourth-order valence-corrected chi connectivity index (χ4v) is 3.59. The van der Waals surface area contributed by atoms with Crippen molar-refractivity contribution in [2.75, 3.05) is 41.0 Å². The number of fused-ring (bicyclic) bond motifs is 3. The summed E-state index contributed by atoms with van der Waals surface area (Å²) in [5, 5.41) is 3.17. The zero-order chi connectivity index (χ0) is 16.4. The van der Waals surface area contributed by atoms with Crippen LogP contribution in [0.5, 0.6) is 17.2 Å². The predicted octanol–water partition coefficient (Wildman–Crippen LogP) is 1.54. The Bertz CT molecular complexity index is 557. The van der Waals surface area contributed by atoms with Gasteiger partial charge in [0.2, 0.25) is 5.75 Å². The van der Waals surface area contributed by atoms with E-state index in [0.29, 0.717) is 28.7 Å². The molecule has 3 saturated heterocycles. The quantitative estimate of drug-likeness (QED) is 0.892. The average Bonchev–Trinajstić information content (AvgIpc) is 2.61. The van der Waals surface area contributed by atoms with Gasteiger partial charge in [-0.1, -0.05) is 0 Å². The van der Waals surface area contributed by atoms with Crippen molar-refractivity contribution in [2.45, 2.75) is 18.9 Å². The predicted molar refractivity (Wildman–Crippen MR) is 86.5 cm³/mol. The van der Waals surface area contributed by atoms with E-state index in [1.54, 1.807) is 33.5 Å². The standard InChI is InChI=1S/C17H24N2O4/c1-21-14-8-12(9-15(22-2)16(14)23-3)17(20)18-13-10-19-6-4-11(13)5-7-19/h8-9,11,13H,4-7,10H2,1-3H3,(H,18,20). The van der Waals surface area contributed by atoms with Gasteiger partial charge in [-0.25, -0.2) is 0 Å². The third kappa shape index (κ3) is 3.08. The van der Waals surface area contributed by atoms with Gasteiger partial charge in [0.1, 0.15) is 0 Å². The number of nitrogens with one attached hydrogen (secondary N) is 1. The van der Waals surface area contributed by atoms with Gasteiger partial charge in [0.25, 0.3) is 5.91 Å². The Balaban J connectivity index is 1.79. The maximum absolute atomic E-state index is 12.6. The molecule has 0 aliphatic carbocycles. The van der Waals surface area contributed by atoms with Crippen LogP contribution < -0.4 is 19.5 Å². The molecule has 3 aliphatic heterocycles. The highest BCUT2D eigenvalue weighted by Crippen LogP contribution is 2.38. The number of rotatable bonds is 5. The zero-order valence-electron chi connectivity index (χ0n) is 13.9. The summed E-state index contributed by atoms with van der Waals surface area (Å²) >= 11 is 0. The highest BCUT2D eigenvalue weighted by atomic mass is 16.5. The number of carbonyl (C=O) groups is 1. The van der Waals surface area contributed by atoms with Crippen molar-refractivity contribution in [3.63, 3.8) is 0 Å². The SMILES string of the molecule is COc1cc(C(=O)NC2CN3CCC2CC3)cc(OC)c1OC. The van der Waals surface area contributed by atoms with Crippen LogP contribution >= 0.6 is 0 Å². The van der Waals surface area contributed by atoms with E-state index < -0.39 is 0 Å². The average molecular weight is 320 g/mol. The maximum Gasteiger partial charge on any atom is 0.251 e. The summed E-state index contributed by atoms with van der Waals surface area (Å²) < 4.78 is 15.9. The van der Waals surface area contributed by atoms with E-state index in [0.717, 1.165) is 19.6 Å². The van der Waals surface area contributed by atoms with Gasteiger partial charge in [0.05, 0.1) is 21.3 Å². The molecule has 4 rings (SSSR count). The largest absolute Gasteiger partial charge is 0.493 e. The Morgan fingerprint density at radius 3 is 2.13 bits per heavy atom. The molecule has 1 aromatic carbocycles. The smallest absolute Gasteiger partial charge is 0.251 e. The molecule has 0 radical (unpaired) electrons. The van der Waals surface area contributed by atoms with E-state index >= 15 is 0 Å². The second kappa shape index (κ2) is 6.66. The molecular formula is C17H24N2O4. The molecule has 3 aliphatic rings. The van der Waals surface area contributed by atoms with E-state index in [2.05, 4.69) is 10.2 Å². The lowest BCUT2D eigenvalue weighted by atomic mass is 9.84. The minimum Gasteiger partial charge on any atom is -0.493 e. The molecule has 2 bridgehead atoms. The Labute approximate surface area is 136 Å². The van der Waals surface area contributed by atoms with E-state index in [9.17, 15) is 4.79 Å². The van der Waals surface area contributed by atoms with Gasteiger partial charge in [-0.05, 0) is 44.0 Å². The van der Waals surface area contributed by atoms with Crippen molar-refractivity contribution in [3.05, 3.63) is 17.7 Å². The van der Waals surface area contributed by atoms with Crippen LogP contribution in [0.4, 0.5) is 0 Å². The number of benzene rings is 1. The summed E-state index contributed by atoms with van der Waals surface area (Å²) in [5.41, 5.74) is 0.524. The van der Waals surface area contributed by atoms with E-state index in [1.165, 1.54) is 12.8 Å². The molecule has 126 valence electrons. The van der Waals surface area contributed by atoms with Crippen LogP contribution in [0.15, 0.2) is 12.1 Å². The van der Waals surface area contributed by atoms with Gasteiger partial charge in [-0.2, -0.15) is 0 Å². The third-order valence-electron chi connectivity index (χ3n) is 4.90. The number of hydrogen-bond acceptors (Lipinski definition) is 5. The summed E-state index contributed by atoms with van der Waals surface area (Å²) in [4.78, 5) is 15.1. The van der Waals surface area contributed by atoms with Crippen molar-refractivity contribution in [2.24, 2.45) is 5.92 Å². The monoisotopic (exact) mass is 320 g/mol. The van der Waals surface area contributed by atoms with E-state index in [-0.39, 0.29) is 11.9 Å². The zero-order valence-corrected chi connectivity index (χ0v) is 13.9. The van der Waals surface area contributed by atoms with Crippen LogP contribution in [0.2, 0.25) is 0 Å². The highest BCUT2D eigenvalue weighted by Gasteiger charge is 2.35. The van der Waals surface area contributed by atoms with E-state index in [1.807, 2.05) is 0 Å². The lowest BCUT2D eigenvalue weighted by Crippen LogP contribution is -2.57. The summed E-state index contributed by atoms with van der Waals surface area (Å²) in [5.74, 6) is 1.97. The Morgan fingerprint density at radius 1 is 1.09 bits per heavy atom. The number of hydrogen-bond donors (Lipinski definition) is 1. The Morgan fingerprint density at radius 2 is 1.70 bits per heavy atom. The molecule has 1 amide bonds. The number of nitrogens with zero attached hydrogens (tertiary/aromatic N) is 1. The summed E-state index contributed by atoms with van der Waals surface area (Å²) in [6, 6.07) is 3.61. The van der Waals surface area contributed by atoms with Gasteiger partial charge in [-0.3, -0.25) is 4.79 Å². The molecule has 0 spiro atoms. The lowest BCUT2D eigenvalue weighted by Gasteiger charge is -2.44. The van der Waals surface area contributed by atoms with Crippen LogP contribution in [-0.4, -0.2) is 57.8 Å². The van der Waals surface area contributed by atoms with Gasteiger partial charge in [0.15, 0.2) is 11.5 Å². The summed E-state index contributed by atoms with van der Waals surface area (Å²) in [7, 11) is 4.64. The summed E-state index contributed by atoms with van der Waals surface area (Å²) in [6.07, 6.45) is 2.33. The molecule has 1 aromatic rings. The molecule has 1 N–H and O–H groups in total. The highest BCUT2D eigenvalue weighted by molar-refractivity contribution is 5.95. The van der Waals surface area contributed by atoms with Crippen molar-refractivity contribution in [3.8, 4) is 17.2 Å². The number of methoxy groups -OCH3 is 3. The Hall–Kier alpha value is -1.95. The number of piperidine rings is 3. The molecule has 6 nitrogen and oxygen atoms in total. The minimum atomic E-state index is -0.0944. The normalized spacial score (nSPS) is 25.8. The fourth-order valence-electron chi connectivity index (χ4n) is 3.59. The summed E-state index contributed by atoms with van der Waals surface area (Å²) in [6.45, 7) is 3.25. The van der Waals surface area contributed by atoms with Crippen LogP contribution in [0, 0.1) is 5.92 Å². The van der Waals surface area contributed by atoms with Crippen LogP contribution in [-0.2, 0) is 0 Å². The topological polar surface area (TPSA) is 60.0 Å². The molecular weight excluding hydrogens is 296 g/mol. The second-order valence-electron chi connectivity index (χ2n) is 6.13. The molecule has 1 unspecified atom stereocenters. The molecule has 0 aromatic heterocycles. The minimum absolute atomic E-state index is 0.0944. The number of amides is 1. The van der Waals surface area contributed by atoms with Crippen molar-refractivity contribution < 1.29 is 19.0 Å². The molecule has 3 fully saturated rings. The van der Waals surface area contributed by atoms with Gasteiger partial charge < -0.3 is 24.4 Å². The first-order valence-electron chi connectivity index (χ1n) is 7.99. The van der Waals surface area contributed by atoms with Crippen LogP contribution in [0.1, 0.15) is 23.2 Å². The first-order chi connectivity index (χ1) is 11.2. The lowest BCUT2D eigenvalue weighted by molar-refractivity contribution is 0.0620. The molecule has 6 heteroatoms. The van der Waals surface area contributed by atoms with Gasteiger partial charge in [-0.15, -0.1) is 0 Å². The second-order valence-corrected chi connectivity index (χ2v) is 6.13. The maximum atomic E-state index is 12.6. The Kier molecular flexibility index (Phi) is 4.61. The van der Waals surface area contributed by atoms with Crippen molar-refractivity contribution >= 4 is 5.91 Å². The van der Waals surface area contributed by atoms with Crippen LogP contribution in [0.3, 0.4) is 0 Å². The first kappa shape index (κ1) is 15.9. The molecule has 3 heterocycles.